The third-order valence-electron chi connectivity index (χ3n) is 5.87. The van der Waals surface area contributed by atoms with Gasteiger partial charge in [0.15, 0.2) is 11.9 Å². The quantitative estimate of drug-likeness (QED) is 0.0777. The van der Waals surface area contributed by atoms with Crippen LogP contribution in [0.1, 0.15) is 91.9 Å². The van der Waals surface area contributed by atoms with Crippen molar-refractivity contribution in [3.8, 4) is 0 Å². The maximum Gasteiger partial charge on any atom is 0.220 e. The first kappa shape index (κ1) is 32.4. The van der Waals surface area contributed by atoms with Crippen LogP contribution in [0.3, 0.4) is 0 Å². The number of rotatable bonds is 19. The molecule has 0 fully saturated rings. The van der Waals surface area contributed by atoms with Gasteiger partial charge in [-0.2, -0.15) is 0 Å². The van der Waals surface area contributed by atoms with Crippen molar-refractivity contribution in [2.24, 2.45) is 32.9 Å². The number of carbonyl (C=O) groups is 2. The lowest BCUT2D eigenvalue weighted by molar-refractivity contribution is -0.121. The topological polar surface area (TPSA) is 199 Å². The van der Waals surface area contributed by atoms with Crippen molar-refractivity contribution in [3.63, 3.8) is 0 Å². The van der Waals surface area contributed by atoms with Crippen LogP contribution in [-0.2, 0) is 9.59 Å². The molecule has 35 heavy (non-hydrogen) atoms. The largest absolute Gasteiger partial charge is 0.370 e. The third-order valence-corrected chi connectivity index (χ3v) is 5.87. The molecule has 0 spiro atoms. The van der Waals surface area contributed by atoms with E-state index in [-0.39, 0.29) is 22.9 Å². The number of nitrogens with two attached hydrogens (primary N) is 4. The Morgan fingerprint density at radius 3 is 1.97 bits per heavy atom. The standard InChI is InChI=1S/C24H51N9O2/c1-5-24(4,14-10-15-25)33-22(28)31-18-9-12-20(35)29-16-7-6-13-23(2,3)32-21(27)30-17-8-11-19(26)34/h5-18,25H2,1-4H3,(H2,26,34)(H,29,35)(H3,27,30,32)(H3,28,31,33). The van der Waals surface area contributed by atoms with Crippen molar-refractivity contribution in [2.75, 3.05) is 26.2 Å². The van der Waals surface area contributed by atoms with Gasteiger partial charge in [0.2, 0.25) is 11.8 Å². The summed E-state index contributed by atoms with van der Waals surface area (Å²) >= 11 is 0. The number of nitrogens with zero attached hydrogens (tertiary/aromatic N) is 2. The summed E-state index contributed by atoms with van der Waals surface area (Å²) in [6.45, 7) is 10.6. The van der Waals surface area contributed by atoms with Crippen LogP contribution in [0.2, 0.25) is 0 Å². The van der Waals surface area contributed by atoms with E-state index in [0.717, 1.165) is 38.5 Å². The minimum Gasteiger partial charge on any atom is -0.370 e. The highest BCUT2D eigenvalue weighted by molar-refractivity contribution is 5.79. The predicted octanol–water partition coefficient (Wildman–Crippen LogP) is 0.813. The number of nitrogens with one attached hydrogen (secondary N) is 3. The molecular formula is C24H51N9O2. The highest BCUT2D eigenvalue weighted by Crippen LogP contribution is 2.16. The smallest absolute Gasteiger partial charge is 0.220 e. The lowest BCUT2D eigenvalue weighted by Gasteiger charge is -2.30. The van der Waals surface area contributed by atoms with Crippen molar-refractivity contribution in [3.05, 3.63) is 0 Å². The Balaban J connectivity index is 4.04. The van der Waals surface area contributed by atoms with Gasteiger partial charge >= 0.3 is 0 Å². The third kappa shape index (κ3) is 18.4. The van der Waals surface area contributed by atoms with Crippen LogP contribution in [0.25, 0.3) is 0 Å². The molecular weight excluding hydrogens is 446 g/mol. The minimum absolute atomic E-state index is 0.0257. The highest BCUT2D eigenvalue weighted by atomic mass is 16.1. The van der Waals surface area contributed by atoms with Crippen molar-refractivity contribution in [2.45, 2.75) is 103 Å². The van der Waals surface area contributed by atoms with E-state index in [1.807, 2.05) is 0 Å². The number of unbranched alkanes of at least 4 members (excludes halogenated alkanes) is 1. The van der Waals surface area contributed by atoms with Crippen LogP contribution in [0.4, 0.5) is 0 Å². The van der Waals surface area contributed by atoms with E-state index >= 15 is 0 Å². The van der Waals surface area contributed by atoms with E-state index in [1.165, 1.54) is 0 Å². The molecule has 0 saturated heterocycles. The van der Waals surface area contributed by atoms with E-state index in [1.54, 1.807) is 0 Å². The second-order valence-electron chi connectivity index (χ2n) is 9.95. The molecule has 0 aromatic rings. The van der Waals surface area contributed by atoms with E-state index in [2.05, 4.69) is 53.6 Å². The van der Waals surface area contributed by atoms with E-state index in [0.29, 0.717) is 63.8 Å². The van der Waals surface area contributed by atoms with Crippen LogP contribution in [-0.4, -0.2) is 61.0 Å². The molecule has 11 nitrogen and oxygen atoms in total. The monoisotopic (exact) mass is 497 g/mol. The summed E-state index contributed by atoms with van der Waals surface area (Å²) in [7, 11) is 0. The summed E-state index contributed by atoms with van der Waals surface area (Å²) in [5.41, 5.74) is 22.3. The summed E-state index contributed by atoms with van der Waals surface area (Å²) in [5, 5.41) is 9.45. The number of aliphatic imine (C=N–C) groups is 2. The molecule has 0 aromatic heterocycles. The lowest BCUT2D eigenvalue weighted by atomic mass is 9.93. The number of hydrogen-bond acceptors (Lipinski definition) is 5. The van der Waals surface area contributed by atoms with Gasteiger partial charge in [-0.05, 0) is 78.7 Å². The fourth-order valence-electron chi connectivity index (χ4n) is 3.52. The summed E-state index contributed by atoms with van der Waals surface area (Å²) in [6, 6.07) is 0. The molecule has 0 aliphatic carbocycles. The van der Waals surface area contributed by atoms with Gasteiger partial charge in [0, 0.05) is 43.6 Å². The van der Waals surface area contributed by atoms with Crippen LogP contribution >= 0.6 is 0 Å². The molecule has 204 valence electrons. The van der Waals surface area contributed by atoms with Crippen LogP contribution in [0, 0.1) is 0 Å². The Kier molecular flexibility index (Phi) is 16.5. The van der Waals surface area contributed by atoms with E-state index < -0.39 is 0 Å². The maximum atomic E-state index is 12.1. The zero-order chi connectivity index (χ0) is 26.7. The maximum absolute atomic E-state index is 12.1. The summed E-state index contributed by atoms with van der Waals surface area (Å²) in [5.74, 6) is 0.470. The molecule has 2 amide bonds. The van der Waals surface area contributed by atoms with E-state index in [9.17, 15) is 9.59 Å². The second-order valence-corrected chi connectivity index (χ2v) is 9.95. The molecule has 11 heteroatoms. The Hall–Kier alpha value is -2.56. The molecule has 0 heterocycles. The molecule has 0 rings (SSSR count). The first-order chi connectivity index (χ1) is 16.4. The first-order valence-corrected chi connectivity index (χ1v) is 12.8. The molecule has 11 N–H and O–H groups in total. The van der Waals surface area contributed by atoms with Gasteiger partial charge in [0.25, 0.3) is 0 Å². The zero-order valence-electron chi connectivity index (χ0n) is 22.4. The summed E-state index contributed by atoms with van der Waals surface area (Å²) < 4.78 is 0. The Morgan fingerprint density at radius 2 is 1.40 bits per heavy atom. The Bertz CT molecular complexity index is 680. The summed E-state index contributed by atoms with van der Waals surface area (Å²) in [4.78, 5) is 31.4. The minimum atomic E-state index is -0.334. The fourth-order valence-corrected chi connectivity index (χ4v) is 3.52. The van der Waals surface area contributed by atoms with E-state index in [4.69, 9.17) is 22.9 Å². The Labute approximate surface area is 211 Å². The molecule has 0 aliphatic heterocycles. The second kappa shape index (κ2) is 17.8. The molecule has 0 bridgehead atoms. The first-order valence-electron chi connectivity index (χ1n) is 12.8. The molecule has 0 aliphatic rings. The van der Waals surface area contributed by atoms with Crippen molar-refractivity contribution >= 4 is 23.7 Å². The van der Waals surface area contributed by atoms with Crippen LogP contribution < -0.4 is 38.9 Å². The van der Waals surface area contributed by atoms with Crippen LogP contribution in [0.5, 0.6) is 0 Å². The van der Waals surface area contributed by atoms with Gasteiger partial charge in [-0.15, -0.1) is 0 Å². The molecule has 1 atom stereocenters. The van der Waals surface area contributed by atoms with Crippen molar-refractivity contribution in [1.29, 1.82) is 0 Å². The number of hydrogen-bond donors (Lipinski definition) is 7. The van der Waals surface area contributed by atoms with Crippen LogP contribution in [0.15, 0.2) is 9.98 Å². The summed E-state index contributed by atoms with van der Waals surface area (Å²) in [6.07, 6.45) is 7.44. The van der Waals surface area contributed by atoms with Gasteiger partial charge in [-0.1, -0.05) is 6.92 Å². The van der Waals surface area contributed by atoms with Gasteiger partial charge in [0.05, 0.1) is 0 Å². The molecule has 0 radical (unpaired) electrons. The number of guanidine groups is 2. The zero-order valence-corrected chi connectivity index (χ0v) is 22.4. The number of carbonyl (C=O) groups excluding carboxylic acids is 2. The lowest BCUT2D eigenvalue weighted by Crippen LogP contribution is -2.49. The Morgan fingerprint density at radius 1 is 0.800 bits per heavy atom. The average Bonchev–Trinajstić information content (AvgIpc) is 2.77. The van der Waals surface area contributed by atoms with Gasteiger partial charge in [-0.25, -0.2) is 0 Å². The SMILES string of the molecule is CCC(C)(CCCN)NC(N)=NCCCC(=O)NCCCCC(C)(C)NC(N)=NCCCC(N)=O. The molecule has 0 saturated carbocycles. The number of primary amides is 1. The van der Waals surface area contributed by atoms with Crippen molar-refractivity contribution < 1.29 is 9.59 Å². The predicted molar refractivity (Wildman–Crippen MR) is 145 cm³/mol. The molecule has 0 aromatic carbocycles. The van der Waals surface area contributed by atoms with Gasteiger partial charge in [-0.3, -0.25) is 19.6 Å². The van der Waals surface area contributed by atoms with Crippen molar-refractivity contribution in [1.82, 2.24) is 16.0 Å². The fraction of sp³-hybridized carbons (Fsp3) is 0.833. The number of amides is 2. The highest BCUT2D eigenvalue weighted by Gasteiger charge is 2.21. The van der Waals surface area contributed by atoms with Gasteiger partial charge < -0.3 is 38.9 Å². The average molecular weight is 498 g/mol. The normalized spacial score (nSPS) is 14.3. The van der Waals surface area contributed by atoms with Gasteiger partial charge in [0.1, 0.15) is 0 Å². The molecule has 1 unspecified atom stereocenters.